The zero-order chi connectivity index (χ0) is 7.40. The highest BCUT2D eigenvalue weighted by Crippen LogP contribution is 2.42. The number of nitrogens with zero attached hydrogens (tertiary/aromatic N) is 1. The Morgan fingerprint density at radius 1 is 1.40 bits per heavy atom. The lowest BCUT2D eigenvalue weighted by molar-refractivity contribution is 0.398. The van der Waals surface area contributed by atoms with Crippen LogP contribution in [-0.4, -0.2) is 31.0 Å². The summed E-state index contributed by atoms with van der Waals surface area (Å²) < 4.78 is 7.86. The Morgan fingerprint density at radius 3 is 2.40 bits per heavy atom. The molecule has 1 atom stereocenters. The third-order valence-corrected chi connectivity index (χ3v) is 3.87. The van der Waals surface area contributed by atoms with Crippen molar-refractivity contribution >= 4 is 8.30 Å². The molecule has 2 nitrogen and oxygen atoms in total. The van der Waals surface area contributed by atoms with Crippen molar-refractivity contribution < 1.29 is 4.52 Å². The van der Waals surface area contributed by atoms with Crippen molar-refractivity contribution in [2.24, 2.45) is 0 Å². The number of hydrogen-bond donors (Lipinski definition) is 0. The lowest BCUT2D eigenvalue weighted by atomic mass is 10.4. The average Bonchev–Trinajstić information content (AvgIpc) is 2.43. The zero-order valence-electron chi connectivity index (χ0n) is 6.84. The van der Waals surface area contributed by atoms with Crippen LogP contribution >= 0.6 is 8.30 Å². The molecule has 0 aromatic heterocycles. The summed E-state index contributed by atoms with van der Waals surface area (Å²) in [6.07, 6.45) is 3.90. The van der Waals surface area contributed by atoms with Gasteiger partial charge in [-0.05, 0) is 12.8 Å². The summed E-state index contributed by atoms with van der Waals surface area (Å²) in [5.74, 6) is 0. The van der Waals surface area contributed by atoms with Gasteiger partial charge in [0.05, 0.1) is 0 Å². The van der Waals surface area contributed by atoms with Gasteiger partial charge in [-0.1, -0.05) is 6.92 Å². The van der Waals surface area contributed by atoms with Gasteiger partial charge in [0.25, 0.3) is 0 Å². The van der Waals surface area contributed by atoms with Crippen molar-refractivity contribution in [1.29, 1.82) is 0 Å². The molecule has 0 spiro atoms. The molecule has 3 heteroatoms. The predicted molar refractivity (Wildman–Crippen MR) is 45.3 cm³/mol. The normalized spacial score (nSPS) is 23.4. The Kier molecular flexibility index (Phi) is 3.61. The van der Waals surface area contributed by atoms with Gasteiger partial charge < -0.3 is 4.52 Å². The first-order chi connectivity index (χ1) is 4.88. The number of rotatable bonds is 3. The van der Waals surface area contributed by atoms with Gasteiger partial charge in [0, 0.05) is 26.4 Å². The van der Waals surface area contributed by atoms with Crippen LogP contribution in [0.5, 0.6) is 0 Å². The van der Waals surface area contributed by atoms with Crippen molar-refractivity contribution in [3.8, 4) is 0 Å². The minimum Gasteiger partial charge on any atom is -0.347 e. The molecule has 0 aliphatic carbocycles. The molecular formula is C7H16NOP. The quantitative estimate of drug-likeness (QED) is 0.587. The summed E-state index contributed by atoms with van der Waals surface area (Å²) in [6.45, 7) is 4.72. The van der Waals surface area contributed by atoms with Gasteiger partial charge in [-0.3, -0.25) is 4.67 Å². The SMILES string of the molecule is CCP(OC)N1CCCC1. The molecule has 1 rings (SSSR count). The third kappa shape index (κ3) is 1.91. The molecule has 1 fully saturated rings. The maximum atomic E-state index is 5.37. The van der Waals surface area contributed by atoms with Crippen molar-refractivity contribution in [1.82, 2.24) is 4.67 Å². The maximum Gasteiger partial charge on any atom is 0.103 e. The van der Waals surface area contributed by atoms with E-state index in [4.69, 9.17) is 4.52 Å². The molecule has 1 aliphatic rings. The average molecular weight is 161 g/mol. The smallest absolute Gasteiger partial charge is 0.103 e. The Labute approximate surface area is 64.4 Å². The summed E-state index contributed by atoms with van der Waals surface area (Å²) in [5, 5.41) is 0. The fourth-order valence-electron chi connectivity index (χ4n) is 1.37. The van der Waals surface area contributed by atoms with E-state index < -0.39 is 0 Å². The van der Waals surface area contributed by atoms with E-state index in [0.29, 0.717) is 0 Å². The molecule has 0 radical (unpaired) electrons. The van der Waals surface area contributed by atoms with E-state index in [2.05, 4.69) is 11.6 Å². The summed E-state index contributed by atoms with van der Waals surface area (Å²) in [4.78, 5) is 0. The topological polar surface area (TPSA) is 12.5 Å². The van der Waals surface area contributed by atoms with E-state index in [9.17, 15) is 0 Å². The van der Waals surface area contributed by atoms with Crippen LogP contribution in [0.3, 0.4) is 0 Å². The maximum absolute atomic E-state index is 5.37. The standard InChI is InChI=1S/C7H16NOP/c1-3-10(9-2)8-6-4-5-7-8/h3-7H2,1-2H3. The molecule has 0 amide bonds. The highest BCUT2D eigenvalue weighted by molar-refractivity contribution is 7.49. The Bertz CT molecular complexity index is 89.6. The molecule has 0 bridgehead atoms. The van der Waals surface area contributed by atoms with Gasteiger partial charge in [-0.15, -0.1) is 0 Å². The third-order valence-electron chi connectivity index (χ3n) is 1.88. The first kappa shape index (κ1) is 8.45. The van der Waals surface area contributed by atoms with Gasteiger partial charge in [-0.25, -0.2) is 0 Å². The van der Waals surface area contributed by atoms with Crippen molar-refractivity contribution in [3.05, 3.63) is 0 Å². The first-order valence-corrected chi connectivity index (χ1v) is 5.34. The van der Waals surface area contributed by atoms with Gasteiger partial charge in [0.2, 0.25) is 0 Å². The Hall–Kier alpha value is 0.350. The second kappa shape index (κ2) is 4.27. The van der Waals surface area contributed by atoms with Gasteiger partial charge >= 0.3 is 0 Å². The van der Waals surface area contributed by atoms with Crippen molar-refractivity contribution in [2.45, 2.75) is 19.8 Å². The minimum atomic E-state index is -0.224. The van der Waals surface area contributed by atoms with Crippen LogP contribution in [0.25, 0.3) is 0 Å². The molecule has 10 heavy (non-hydrogen) atoms. The van der Waals surface area contributed by atoms with Crippen LogP contribution in [0.4, 0.5) is 0 Å². The monoisotopic (exact) mass is 161 g/mol. The largest absolute Gasteiger partial charge is 0.347 e. The summed E-state index contributed by atoms with van der Waals surface area (Å²) >= 11 is 0. The molecule has 0 saturated carbocycles. The van der Waals surface area contributed by atoms with Gasteiger partial charge in [-0.2, -0.15) is 0 Å². The fraction of sp³-hybridized carbons (Fsp3) is 1.00. The Balaban J connectivity index is 2.29. The highest BCUT2D eigenvalue weighted by Gasteiger charge is 2.19. The first-order valence-electron chi connectivity index (χ1n) is 3.95. The van der Waals surface area contributed by atoms with Crippen LogP contribution < -0.4 is 0 Å². The van der Waals surface area contributed by atoms with Crippen molar-refractivity contribution in [2.75, 3.05) is 26.4 Å². The highest BCUT2D eigenvalue weighted by atomic mass is 31.2. The van der Waals surface area contributed by atoms with E-state index in [0.717, 1.165) is 0 Å². The van der Waals surface area contributed by atoms with E-state index in [-0.39, 0.29) is 8.30 Å². The van der Waals surface area contributed by atoms with E-state index >= 15 is 0 Å². The van der Waals surface area contributed by atoms with Crippen LogP contribution in [0, 0.1) is 0 Å². The molecule has 60 valence electrons. The summed E-state index contributed by atoms with van der Waals surface area (Å²) in [6, 6.07) is 0. The molecule has 0 N–H and O–H groups in total. The summed E-state index contributed by atoms with van der Waals surface area (Å²) in [7, 11) is 1.60. The van der Waals surface area contributed by atoms with Crippen LogP contribution in [-0.2, 0) is 4.52 Å². The Morgan fingerprint density at radius 2 is 2.00 bits per heavy atom. The molecule has 1 aliphatic heterocycles. The molecule has 1 unspecified atom stereocenters. The molecule has 0 aromatic carbocycles. The van der Waals surface area contributed by atoms with Crippen molar-refractivity contribution in [3.63, 3.8) is 0 Å². The lowest BCUT2D eigenvalue weighted by Crippen LogP contribution is -2.14. The summed E-state index contributed by atoms with van der Waals surface area (Å²) in [5.41, 5.74) is 0. The lowest BCUT2D eigenvalue weighted by Gasteiger charge is -2.23. The molecule has 0 aromatic rings. The molecule has 1 saturated heterocycles. The van der Waals surface area contributed by atoms with Gasteiger partial charge in [0.15, 0.2) is 0 Å². The minimum absolute atomic E-state index is 0.224. The molecular weight excluding hydrogens is 145 g/mol. The van der Waals surface area contributed by atoms with E-state index in [1.165, 1.54) is 32.1 Å². The van der Waals surface area contributed by atoms with Crippen LogP contribution in [0.2, 0.25) is 0 Å². The fourth-order valence-corrected chi connectivity index (χ4v) is 2.99. The second-order valence-electron chi connectivity index (χ2n) is 2.51. The van der Waals surface area contributed by atoms with Crippen LogP contribution in [0.1, 0.15) is 19.8 Å². The zero-order valence-corrected chi connectivity index (χ0v) is 7.73. The second-order valence-corrected chi connectivity index (χ2v) is 4.78. The predicted octanol–water partition coefficient (Wildman–Crippen LogP) is 2.06. The van der Waals surface area contributed by atoms with Crippen LogP contribution in [0.15, 0.2) is 0 Å². The van der Waals surface area contributed by atoms with E-state index in [1.54, 1.807) is 0 Å². The number of hydrogen-bond acceptors (Lipinski definition) is 2. The molecule has 1 heterocycles. The van der Waals surface area contributed by atoms with E-state index in [1.807, 2.05) is 7.11 Å². The van der Waals surface area contributed by atoms with Gasteiger partial charge in [0.1, 0.15) is 8.30 Å².